The van der Waals surface area contributed by atoms with E-state index in [1.807, 2.05) is 30.5 Å². The highest BCUT2D eigenvalue weighted by molar-refractivity contribution is 7.13. The maximum atomic E-state index is 14.2. The molecule has 0 spiro atoms. The number of nitrogens with one attached hydrogen (secondary N) is 1. The van der Waals surface area contributed by atoms with E-state index in [1.54, 1.807) is 45.8 Å². The number of thiophene rings is 1. The molecule has 1 aromatic carbocycles. The van der Waals surface area contributed by atoms with Crippen LogP contribution in [0.3, 0.4) is 0 Å². The lowest BCUT2D eigenvalue weighted by Gasteiger charge is -2.09. The van der Waals surface area contributed by atoms with Crippen molar-refractivity contribution in [3.05, 3.63) is 87.5 Å². The molecule has 0 radical (unpaired) electrons. The summed E-state index contributed by atoms with van der Waals surface area (Å²) < 4.78 is 17.5. The molecule has 33 heavy (non-hydrogen) atoms. The zero-order valence-electron chi connectivity index (χ0n) is 17.7. The van der Waals surface area contributed by atoms with Gasteiger partial charge in [0.05, 0.1) is 40.4 Å². The predicted octanol–water partition coefficient (Wildman–Crippen LogP) is 5.36. The van der Waals surface area contributed by atoms with E-state index >= 15 is 0 Å². The van der Waals surface area contributed by atoms with Gasteiger partial charge in [-0.05, 0) is 43.5 Å². The summed E-state index contributed by atoms with van der Waals surface area (Å²) in [6.45, 7) is 3.75. The molecule has 0 saturated carbocycles. The minimum absolute atomic E-state index is 0.149. The first-order valence-corrected chi connectivity index (χ1v) is 11.3. The molecule has 166 valence electrons. The number of nitrogens with zero attached hydrogens (tertiary/aromatic N) is 5. The van der Waals surface area contributed by atoms with Crippen LogP contribution >= 0.6 is 22.9 Å². The van der Waals surface area contributed by atoms with Crippen molar-refractivity contribution < 1.29 is 9.18 Å². The average molecular weight is 481 g/mol. The van der Waals surface area contributed by atoms with Gasteiger partial charge in [0.2, 0.25) is 0 Å². The Hall–Kier alpha value is -3.56. The van der Waals surface area contributed by atoms with E-state index in [0.29, 0.717) is 38.9 Å². The maximum Gasteiger partial charge on any atom is 0.261 e. The van der Waals surface area contributed by atoms with Crippen LogP contribution in [0.25, 0.3) is 16.2 Å². The highest BCUT2D eigenvalue weighted by Crippen LogP contribution is 2.27. The molecule has 5 rings (SSSR count). The fraction of sp³-hybridized carbons (Fsp3) is 0.130. The van der Waals surface area contributed by atoms with Gasteiger partial charge in [-0.3, -0.25) is 9.48 Å². The van der Waals surface area contributed by atoms with Gasteiger partial charge in [0.25, 0.3) is 5.91 Å². The molecule has 1 N–H and O–H groups in total. The molecule has 0 aliphatic heterocycles. The van der Waals surface area contributed by atoms with Crippen LogP contribution in [-0.4, -0.2) is 30.3 Å². The van der Waals surface area contributed by atoms with Gasteiger partial charge in [0, 0.05) is 16.8 Å². The van der Waals surface area contributed by atoms with E-state index in [2.05, 4.69) is 20.5 Å². The summed E-state index contributed by atoms with van der Waals surface area (Å²) in [5, 5.41) is 14.1. The van der Waals surface area contributed by atoms with Crippen LogP contribution in [0.15, 0.2) is 54.2 Å². The van der Waals surface area contributed by atoms with Crippen molar-refractivity contribution in [1.29, 1.82) is 0 Å². The molecule has 0 fully saturated rings. The fourth-order valence-corrected chi connectivity index (χ4v) is 4.67. The van der Waals surface area contributed by atoms with E-state index in [9.17, 15) is 9.18 Å². The summed E-state index contributed by atoms with van der Waals surface area (Å²) in [7, 11) is 0. The lowest BCUT2D eigenvalue weighted by molar-refractivity contribution is 0.102. The first kappa shape index (κ1) is 21.3. The molecule has 0 saturated heterocycles. The zero-order chi connectivity index (χ0) is 23.1. The molecular formula is C23H18ClFN6OS. The Balaban J connectivity index is 1.45. The van der Waals surface area contributed by atoms with Crippen molar-refractivity contribution in [2.75, 3.05) is 5.32 Å². The summed E-state index contributed by atoms with van der Waals surface area (Å²) >= 11 is 7.75. The predicted molar refractivity (Wildman–Crippen MR) is 126 cm³/mol. The van der Waals surface area contributed by atoms with Gasteiger partial charge in [0.15, 0.2) is 5.65 Å². The van der Waals surface area contributed by atoms with E-state index < -0.39 is 5.82 Å². The Kier molecular flexibility index (Phi) is 5.43. The van der Waals surface area contributed by atoms with Crippen molar-refractivity contribution in [3.63, 3.8) is 0 Å². The monoisotopic (exact) mass is 480 g/mol. The van der Waals surface area contributed by atoms with Gasteiger partial charge in [-0.15, -0.1) is 11.3 Å². The van der Waals surface area contributed by atoms with Crippen LogP contribution in [0, 0.1) is 19.7 Å². The number of fused-ring (bicyclic) bond motifs is 1. The van der Waals surface area contributed by atoms with Crippen LogP contribution in [0.2, 0.25) is 5.02 Å². The molecule has 0 aliphatic carbocycles. The molecule has 0 aliphatic rings. The Morgan fingerprint density at radius 1 is 1.21 bits per heavy atom. The van der Waals surface area contributed by atoms with Gasteiger partial charge < -0.3 is 5.32 Å². The third-order valence-corrected chi connectivity index (χ3v) is 6.66. The van der Waals surface area contributed by atoms with Crippen LogP contribution in [0.5, 0.6) is 0 Å². The summed E-state index contributed by atoms with van der Waals surface area (Å²) in [5.74, 6) is -0.755. The molecule has 0 atom stereocenters. The van der Waals surface area contributed by atoms with Gasteiger partial charge in [-0.1, -0.05) is 23.7 Å². The number of carbonyl (C=O) groups is 1. The summed E-state index contributed by atoms with van der Waals surface area (Å²) in [4.78, 5) is 18.5. The number of aryl methyl sites for hydroxylation is 1. The van der Waals surface area contributed by atoms with Gasteiger partial charge in [-0.2, -0.15) is 10.2 Å². The third-order valence-electron chi connectivity index (χ3n) is 5.41. The number of amides is 1. The number of hydrogen-bond donors (Lipinski definition) is 1. The van der Waals surface area contributed by atoms with Gasteiger partial charge >= 0.3 is 0 Å². The molecule has 1 amide bonds. The Morgan fingerprint density at radius 3 is 2.82 bits per heavy atom. The molecule has 4 aromatic heterocycles. The van der Waals surface area contributed by atoms with E-state index in [0.717, 1.165) is 10.6 Å². The second-order valence-corrected chi connectivity index (χ2v) is 8.81. The number of aromatic nitrogens is 5. The second kappa shape index (κ2) is 8.42. The Labute approximate surface area is 197 Å². The molecule has 7 nitrogen and oxygen atoms in total. The smallest absolute Gasteiger partial charge is 0.261 e. The van der Waals surface area contributed by atoms with Crippen LogP contribution in [-0.2, 0) is 6.54 Å². The topological polar surface area (TPSA) is 77.1 Å². The summed E-state index contributed by atoms with van der Waals surface area (Å²) in [5.41, 5.74) is 3.85. The number of rotatable bonds is 5. The minimum atomic E-state index is -0.403. The standard InChI is InChI=1S/C23H18ClFN6OS/c1-13-21(14(2)30(29-13)12-16-17(24)5-3-6-18(16)25)28-23(32)15-11-27-31-19(8-9-26-22(15)31)20-7-4-10-33-20/h3-11H,12H2,1-2H3,(H,28,32). The number of benzene rings is 1. The molecule has 0 unspecified atom stereocenters. The fourth-order valence-electron chi connectivity index (χ4n) is 3.71. The zero-order valence-corrected chi connectivity index (χ0v) is 19.3. The number of halogens is 2. The quantitative estimate of drug-likeness (QED) is 0.367. The van der Waals surface area contributed by atoms with Crippen molar-refractivity contribution in [3.8, 4) is 10.6 Å². The minimum Gasteiger partial charge on any atom is -0.319 e. The van der Waals surface area contributed by atoms with E-state index in [-0.39, 0.29) is 12.5 Å². The summed E-state index contributed by atoms with van der Waals surface area (Å²) in [6.07, 6.45) is 3.17. The van der Waals surface area contributed by atoms with Crippen LogP contribution in [0.1, 0.15) is 27.3 Å². The molecule has 10 heteroatoms. The molecular weight excluding hydrogens is 463 g/mol. The Bertz CT molecular complexity index is 1470. The number of hydrogen-bond acceptors (Lipinski definition) is 5. The molecule has 4 heterocycles. The molecule has 0 bridgehead atoms. The van der Waals surface area contributed by atoms with Crippen LogP contribution < -0.4 is 5.32 Å². The maximum absolute atomic E-state index is 14.2. The van der Waals surface area contributed by atoms with Crippen molar-refractivity contribution in [2.45, 2.75) is 20.4 Å². The summed E-state index contributed by atoms with van der Waals surface area (Å²) in [6, 6.07) is 10.4. The SMILES string of the molecule is Cc1nn(Cc2c(F)cccc2Cl)c(C)c1NC(=O)c1cnn2c(-c3cccs3)ccnc12. The highest BCUT2D eigenvalue weighted by atomic mass is 35.5. The van der Waals surface area contributed by atoms with Crippen molar-refractivity contribution in [1.82, 2.24) is 24.4 Å². The van der Waals surface area contributed by atoms with Crippen LogP contribution in [0.4, 0.5) is 10.1 Å². The third kappa shape index (κ3) is 3.79. The average Bonchev–Trinajstić information content (AvgIpc) is 3.53. The number of anilines is 1. The normalized spacial score (nSPS) is 11.3. The molecule has 5 aromatic rings. The lowest BCUT2D eigenvalue weighted by atomic mass is 10.2. The van der Waals surface area contributed by atoms with Gasteiger partial charge in [0.1, 0.15) is 11.4 Å². The number of carbonyl (C=O) groups excluding carboxylic acids is 1. The van der Waals surface area contributed by atoms with Crippen molar-refractivity contribution >= 4 is 40.2 Å². The van der Waals surface area contributed by atoms with E-state index in [1.165, 1.54) is 12.3 Å². The van der Waals surface area contributed by atoms with Crippen molar-refractivity contribution in [2.24, 2.45) is 0 Å². The largest absolute Gasteiger partial charge is 0.319 e. The second-order valence-electron chi connectivity index (χ2n) is 7.46. The Morgan fingerprint density at radius 2 is 2.06 bits per heavy atom. The first-order valence-electron chi connectivity index (χ1n) is 10.1. The first-order chi connectivity index (χ1) is 15.9. The highest BCUT2D eigenvalue weighted by Gasteiger charge is 2.21. The van der Waals surface area contributed by atoms with Gasteiger partial charge in [-0.25, -0.2) is 13.9 Å². The lowest BCUT2D eigenvalue weighted by Crippen LogP contribution is -2.14. The van der Waals surface area contributed by atoms with E-state index in [4.69, 9.17) is 11.6 Å².